The van der Waals surface area contributed by atoms with Crippen LogP contribution in [0, 0.1) is 0 Å². The fourth-order valence-corrected chi connectivity index (χ4v) is 5.68. The van der Waals surface area contributed by atoms with Crippen LogP contribution in [0.1, 0.15) is 72.8 Å². The summed E-state index contributed by atoms with van der Waals surface area (Å²) in [4.78, 5) is 16.1. The molecule has 2 heterocycles. The SMILES string of the molecule is COC(=O)CC1COc2cc(OC3CCc4c3ccc(C(F)(F)F)c4-c3ccc(-c4noc(C(C)C)n4)cc3)ccc21. The van der Waals surface area contributed by atoms with Crippen LogP contribution in [0.3, 0.4) is 0 Å². The molecular formula is C32H29F3N2O5. The Hall–Kier alpha value is -4.34. The summed E-state index contributed by atoms with van der Waals surface area (Å²) in [5.74, 6) is 1.74. The van der Waals surface area contributed by atoms with Crippen molar-refractivity contribution in [3.05, 3.63) is 82.7 Å². The number of hydrogen-bond donors (Lipinski definition) is 0. The summed E-state index contributed by atoms with van der Waals surface area (Å²) in [6, 6.07) is 14.9. The van der Waals surface area contributed by atoms with E-state index in [2.05, 4.69) is 10.1 Å². The van der Waals surface area contributed by atoms with Gasteiger partial charge < -0.3 is 18.7 Å². The molecule has 7 nitrogen and oxygen atoms in total. The van der Waals surface area contributed by atoms with Crippen molar-refractivity contribution in [2.45, 2.75) is 57.2 Å². The van der Waals surface area contributed by atoms with Gasteiger partial charge in [-0.2, -0.15) is 18.2 Å². The molecule has 1 aliphatic carbocycles. The number of alkyl halides is 3. The number of carbonyl (C=O) groups excluding carboxylic acids is 1. The van der Waals surface area contributed by atoms with E-state index in [0.717, 1.165) is 17.2 Å². The molecule has 0 N–H and O–H groups in total. The fraction of sp³-hybridized carbons (Fsp3) is 0.344. The Bertz CT molecular complexity index is 1630. The van der Waals surface area contributed by atoms with Gasteiger partial charge in [-0.05, 0) is 47.2 Å². The summed E-state index contributed by atoms with van der Waals surface area (Å²) in [6.07, 6.45) is -3.75. The molecule has 218 valence electrons. The Morgan fingerprint density at radius 2 is 1.79 bits per heavy atom. The van der Waals surface area contributed by atoms with Crippen molar-refractivity contribution in [1.82, 2.24) is 10.1 Å². The van der Waals surface area contributed by atoms with Crippen LogP contribution in [0.15, 0.2) is 59.1 Å². The molecule has 3 aromatic carbocycles. The average Bonchev–Trinajstić information content (AvgIpc) is 3.71. The minimum atomic E-state index is -4.53. The van der Waals surface area contributed by atoms with Crippen molar-refractivity contribution in [2.75, 3.05) is 13.7 Å². The number of methoxy groups -OCH3 is 1. The second kappa shape index (κ2) is 10.8. The van der Waals surface area contributed by atoms with Crippen LogP contribution in [0.2, 0.25) is 0 Å². The molecular weight excluding hydrogens is 549 g/mol. The number of hydrogen-bond acceptors (Lipinski definition) is 7. The zero-order valence-electron chi connectivity index (χ0n) is 23.3. The van der Waals surface area contributed by atoms with E-state index in [4.69, 9.17) is 18.7 Å². The number of fused-ring (bicyclic) bond motifs is 2. The number of benzene rings is 3. The Balaban J connectivity index is 1.29. The Morgan fingerprint density at radius 1 is 1.05 bits per heavy atom. The number of halogens is 3. The van der Waals surface area contributed by atoms with Crippen molar-refractivity contribution in [3.8, 4) is 34.0 Å². The lowest BCUT2D eigenvalue weighted by atomic mass is 9.91. The summed E-state index contributed by atoms with van der Waals surface area (Å²) >= 11 is 0. The Labute approximate surface area is 240 Å². The lowest BCUT2D eigenvalue weighted by Crippen LogP contribution is -2.10. The number of esters is 1. The van der Waals surface area contributed by atoms with Gasteiger partial charge in [-0.15, -0.1) is 0 Å². The predicted octanol–water partition coefficient (Wildman–Crippen LogP) is 7.65. The van der Waals surface area contributed by atoms with Crippen molar-refractivity contribution in [2.24, 2.45) is 0 Å². The highest BCUT2D eigenvalue weighted by Crippen LogP contribution is 2.47. The zero-order chi connectivity index (χ0) is 29.6. The molecule has 1 aliphatic heterocycles. The van der Waals surface area contributed by atoms with Crippen LogP contribution >= 0.6 is 0 Å². The maximum Gasteiger partial charge on any atom is 0.417 e. The van der Waals surface area contributed by atoms with Crippen molar-refractivity contribution >= 4 is 5.97 Å². The van der Waals surface area contributed by atoms with E-state index >= 15 is 0 Å². The molecule has 0 amide bonds. The fourth-order valence-electron chi connectivity index (χ4n) is 5.68. The molecule has 2 atom stereocenters. The first-order chi connectivity index (χ1) is 20.1. The van der Waals surface area contributed by atoms with Gasteiger partial charge in [0.05, 0.1) is 25.7 Å². The Kier molecular flexibility index (Phi) is 7.16. The average molecular weight is 579 g/mol. The van der Waals surface area contributed by atoms with Crippen LogP contribution in [0.25, 0.3) is 22.5 Å². The van der Waals surface area contributed by atoms with Gasteiger partial charge in [0.15, 0.2) is 0 Å². The van der Waals surface area contributed by atoms with Crippen molar-refractivity contribution < 1.29 is 36.7 Å². The molecule has 0 saturated carbocycles. The smallest absolute Gasteiger partial charge is 0.417 e. The molecule has 42 heavy (non-hydrogen) atoms. The first kappa shape index (κ1) is 27.8. The highest BCUT2D eigenvalue weighted by Gasteiger charge is 2.38. The van der Waals surface area contributed by atoms with E-state index in [1.807, 2.05) is 26.0 Å². The van der Waals surface area contributed by atoms with Gasteiger partial charge in [0, 0.05) is 29.0 Å². The van der Waals surface area contributed by atoms with E-state index < -0.39 is 17.8 Å². The zero-order valence-corrected chi connectivity index (χ0v) is 23.3. The summed E-state index contributed by atoms with van der Waals surface area (Å²) in [5.41, 5.74) is 2.85. The normalized spacial score (nSPS) is 17.6. The molecule has 0 radical (unpaired) electrons. The van der Waals surface area contributed by atoms with E-state index in [1.165, 1.54) is 13.2 Å². The summed E-state index contributed by atoms with van der Waals surface area (Å²) in [7, 11) is 1.35. The molecule has 1 aromatic heterocycles. The van der Waals surface area contributed by atoms with Crippen LogP contribution in [-0.2, 0) is 22.1 Å². The van der Waals surface area contributed by atoms with Crippen molar-refractivity contribution in [3.63, 3.8) is 0 Å². The van der Waals surface area contributed by atoms with Gasteiger partial charge in [-0.1, -0.05) is 55.4 Å². The molecule has 0 saturated heterocycles. The third-order valence-corrected chi connectivity index (χ3v) is 7.81. The van der Waals surface area contributed by atoms with Crippen LogP contribution in [0.5, 0.6) is 11.5 Å². The van der Waals surface area contributed by atoms with E-state index in [0.29, 0.717) is 59.4 Å². The highest BCUT2D eigenvalue weighted by molar-refractivity contribution is 5.76. The quantitative estimate of drug-likeness (QED) is 0.208. The van der Waals surface area contributed by atoms with Gasteiger partial charge in [-0.25, -0.2) is 0 Å². The van der Waals surface area contributed by atoms with Crippen LogP contribution < -0.4 is 9.47 Å². The number of nitrogens with zero attached hydrogens (tertiary/aromatic N) is 2. The first-order valence-electron chi connectivity index (χ1n) is 13.8. The van der Waals surface area contributed by atoms with Gasteiger partial charge in [0.25, 0.3) is 0 Å². The largest absolute Gasteiger partial charge is 0.492 e. The molecule has 0 spiro atoms. The number of rotatable bonds is 7. The second-order valence-corrected chi connectivity index (χ2v) is 10.9. The van der Waals surface area contributed by atoms with Crippen LogP contribution in [-0.4, -0.2) is 29.8 Å². The summed E-state index contributed by atoms with van der Waals surface area (Å²) < 4.78 is 64.8. The molecule has 10 heteroatoms. The van der Waals surface area contributed by atoms with Crippen LogP contribution in [0.4, 0.5) is 13.2 Å². The minimum absolute atomic E-state index is 0.0646. The monoisotopic (exact) mass is 578 g/mol. The molecule has 4 aromatic rings. The second-order valence-electron chi connectivity index (χ2n) is 10.9. The maximum absolute atomic E-state index is 14.2. The third kappa shape index (κ3) is 5.21. The van der Waals surface area contributed by atoms with E-state index in [9.17, 15) is 18.0 Å². The molecule has 2 aliphatic rings. The van der Waals surface area contributed by atoms with Gasteiger partial charge >= 0.3 is 12.1 Å². The van der Waals surface area contributed by atoms with Crippen molar-refractivity contribution in [1.29, 1.82) is 0 Å². The van der Waals surface area contributed by atoms with Gasteiger partial charge in [-0.3, -0.25) is 4.79 Å². The van der Waals surface area contributed by atoms with E-state index in [1.54, 1.807) is 30.3 Å². The number of ether oxygens (including phenoxy) is 3. The standard InChI is InChI=1S/C32H29F3N2O5/c1-17(2)31-36-30(37-42-31)19-6-4-18(5-7-19)29-24-11-13-26(23(24)10-12-25(29)32(33,34)35)41-21-8-9-22-20(14-28(38)39-3)16-40-27(22)15-21/h4-10,12,15,17,20,26H,11,13-14,16H2,1-3H3. The molecule has 6 rings (SSSR count). The third-order valence-electron chi connectivity index (χ3n) is 7.81. The number of carbonyl (C=O) groups is 1. The summed E-state index contributed by atoms with van der Waals surface area (Å²) in [5, 5.41) is 4.00. The van der Waals surface area contributed by atoms with Gasteiger partial charge in [0.1, 0.15) is 17.6 Å². The van der Waals surface area contributed by atoms with E-state index in [-0.39, 0.29) is 29.8 Å². The highest BCUT2D eigenvalue weighted by atomic mass is 19.4. The maximum atomic E-state index is 14.2. The molecule has 0 bridgehead atoms. The first-order valence-corrected chi connectivity index (χ1v) is 13.8. The molecule has 0 fully saturated rings. The van der Waals surface area contributed by atoms with Gasteiger partial charge in [0.2, 0.25) is 11.7 Å². The Morgan fingerprint density at radius 3 is 2.48 bits per heavy atom. The lowest BCUT2D eigenvalue weighted by molar-refractivity contribution is -0.141. The minimum Gasteiger partial charge on any atom is -0.492 e. The predicted molar refractivity (Wildman–Crippen MR) is 147 cm³/mol. The summed E-state index contributed by atoms with van der Waals surface area (Å²) in [6.45, 7) is 4.24. The number of aromatic nitrogens is 2. The molecule has 2 unspecified atom stereocenters. The lowest BCUT2D eigenvalue weighted by Gasteiger charge is -2.20. The topological polar surface area (TPSA) is 83.7 Å².